The highest BCUT2D eigenvalue weighted by Crippen LogP contribution is 2.44. The molecule has 3 atom stereocenters. The van der Waals surface area contributed by atoms with Crippen molar-refractivity contribution < 1.29 is 32.6 Å². The van der Waals surface area contributed by atoms with Gasteiger partial charge >= 0.3 is 23.6 Å². The van der Waals surface area contributed by atoms with Gasteiger partial charge in [-0.2, -0.15) is 13.8 Å². The number of ether oxygens (including phenoxy) is 3. The van der Waals surface area contributed by atoms with Crippen molar-refractivity contribution in [3.63, 3.8) is 0 Å². The molecule has 1 unspecified atom stereocenters. The number of anilines is 1. The van der Waals surface area contributed by atoms with E-state index in [4.69, 9.17) is 19.9 Å². The fourth-order valence-electron chi connectivity index (χ4n) is 3.43. The molecule has 2 N–H and O–H groups in total. The summed E-state index contributed by atoms with van der Waals surface area (Å²) in [4.78, 5) is 40.5. The van der Waals surface area contributed by atoms with Crippen LogP contribution in [0.4, 0.5) is 14.6 Å². The minimum absolute atomic E-state index is 0.0353. The number of carbonyl (C=O) groups excluding carboxylic acids is 2. The molecule has 11 heteroatoms. The van der Waals surface area contributed by atoms with Crippen molar-refractivity contribution in [3.8, 4) is 0 Å². The van der Waals surface area contributed by atoms with E-state index in [0.29, 0.717) is 4.57 Å². The van der Waals surface area contributed by atoms with Crippen LogP contribution < -0.4 is 11.4 Å². The molecule has 34 heavy (non-hydrogen) atoms. The monoisotopic (exact) mass is 471 g/mol. The van der Waals surface area contributed by atoms with Crippen molar-refractivity contribution in [1.29, 1.82) is 0 Å². The van der Waals surface area contributed by atoms with Crippen LogP contribution in [-0.2, 0) is 14.2 Å². The van der Waals surface area contributed by atoms with E-state index in [1.807, 2.05) is 0 Å². The Bertz CT molecular complexity index is 1240. The standard InChI is InChI=1S/C23H19F2N3O6/c24-23(25)18(34-20(30)15-9-5-2-6-10-15)16(13-32-19(29)14-7-3-1-4-8-14)33-21(23)28-12-11-17(26)27-22(28)31/h1-12,16,18,21H,13H2,(H2,26,27,31)/t16-,18+,21?/m1/s1. The molecule has 0 aliphatic carbocycles. The fraction of sp³-hybridized carbons (Fsp3) is 0.217. The first-order valence-electron chi connectivity index (χ1n) is 10.1. The van der Waals surface area contributed by atoms with E-state index in [1.165, 1.54) is 24.3 Å². The van der Waals surface area contributed by atoms with Crippen molar-refractivity contribution in [1.82, 2.24) is 9.55 Å². The fourth-order valence-corrected chi connectivity index (χ4v) is 3.43. The minimum atomic E-state index is -3.88. The molecular formula is C23H19F2N3O6. The molecule has 176 valence electrons. The summed E-state index contributed by atoms with van der Waals surface area (Å²) in [6.07, 6.45) is -4.93. The number of esters is 2. The molecule has 0 spiro atoms. The predicted octanol–water partition coefficient (Wildman–Crippen LogP) is 2.44. The summed E-state index contributed by atoms with van der Waals surface area (Å²) < 4.78 is 47.1. The number of carbonyl (C=O) groups is 2. The van der Waals surface area contributed by atoms with E-state index >= 15 is 8.78 Å². The van der Waals surface area contributed by atoms with Crippen molar-refractivity contribution in [3.05, 3.63) is 94.5 Å². The van der Waals surface area contributed by atoms with Crippen molar-refractivity contribution in [2.45, 2.75) is 24.4 Å². The SMILES string of the molecule is Nc1ccn(C2O[C@H](COC(=O)c3ccccc3)[C@H](OC(=O)c3ccccc3)C2(F)F)c(=O)n1. The summed E-state index contributed by atoms with van der Waals surface area (Å²) in [7, 11) is 0. The number of hydrogen-bond acceptors (Lipinski definition) is 8. The van der Waals surface area contributed by atoms with Crippen LogP contribution >= 0.6 is 0 Å². The zero-order chi connectivity index (χ0) is 24.3. The Kier molecular flexibility index (Phi) is 6.37. The number of aromatic nitrogens is 2. The first-order chi connectivity index (χ1) is 16.3. The zero-order valence-electron chi connectivity index (χ0n) is 17.5. The van der Waals surface area contributed by atoms with Gasteiger partial charge in [-0.05, 0) is 30.3 Å². The lowest BCUT2D eigenvalue weighted by Crippen LogP contribution is -2.44. The summed E-state index contributed by atoms with van der Waals surface area (Å²) in [5, 5.41) is 0. The molecule has 2 heterocycles. The molecule has 1 aliphatic heterocycles. The van der Waals surface area contributed by atoms with Crippen molar-refractivity contribution >= 4 is 17.8 Å². The number of hydrogen-bond donors (Lipinski definition) is 1. The lowest BCUT2D eigenvalue weighted by Gasteiger charge is -2.24. The van der Waals surface area contributed by atoms with Gasteiger partial charge in [0.05, 0.1) is 11.1 Å². The molecule has 9 nitrogen and oxygen atoms in total. The van der Waals surface area contributed by atoms with E-state index in [-0.39, 0.29) is 16.9 Å². The molecule has 2 aromatic carbocycles. The largest absolute Gasteiger partial charge is 0.459 e. The number of nitrogens with two attached hydrogens (primary N) is 1. The third-order valence-corrected chi connectivity index (χ3v) is 5.09. The average molecular weight is 471 g/mol. The first kappa shape index (κ1) is 23.1. The van der Waals surface area contributed by atoms with Gasteiger partial charge in [-0.1, -0.05) is 36.4 Å². The highest BCUT2D eigenvalue weighted by atomic mass is 19.3. The summed E-state index contributed by atoms with van der Waals surface area (Å²) in [6.45, 7) is -0.663. The van der Waals surface area contributed by atoms with Crippen LogP contribution in [0.2, 0.25) is 0 Å². The number of halogens is 2. The van der Waals surface area contributed by atoms with Crippen molar-refractivity contribution in [2.75, 3.05) is 12.3 Å². The van der Waals surface area contributed by atoms with Gasteiger partial charge in [0.15, 0.2) is 6.10 Å². The Morgan fingerprint density at radius 3 is 2.18 bits per heavy atom. The molecule has 1 aliphatic rings. The van der Waals surface area contributed by atoms with Gasteiger partial charge in [-0.3, -0.25) is 4.57 Å². The second-order valence-electron chi connectivity index (χ2n) is 7.40. The van der Waals surface area contributed by atoms with Crippen LogP contribution in [-0.4, -0.2) is 46.2 Å². The Balaban J connectivity index is 1.61. The Hall–Kier alpha value is -4.12. The van der Waals surface area contributed by atoms with Gasteiger partial charge in [0.25, 0.3) is 0 Å². The third-order valence-electron chi connectivity index (χ3n) is 5.09. The molecule has 1 aromatic heterocycles. The molecule has 0 bridgehead atoms. The second kappa shape index (κ2) is 9.40. The van der Waals surface area contributed by atoms with Gasteiger partial charge in [-0.25, -0.2) is 14.4 Å². The van der Waals surface area contributed by atoms with E-state index in [9.17, 15) is 14.4 Å². The maximum Gasteiger partial charge on any atom is 0.351 e. The number of benzene rings is 2. The van der Waals surface area contributed by atoms with Crippen molar-refractivity contribution in [2.24, 2.45) is 0 Å². The lowest BCUT2D eigenvalue weighted by molar-refractivity contribution is -0.142. The zero-order valence-corrected chi connectivity index (χ0v) is 17.5. The smallest absolute Gasteiger partial charge is 0.351 e. The van der Waals surface area contributed by atoms with Crippen LogP contribution in [0.3, 0.4) is 0 Å². The second-order valence-corrected chi connectivity index (χ2v) is 7.40. The molecular weight excluding hydrogens is 452 g/mol. The van der Waals surface area contributed by atoms with Crippen LogP contribution in [0.25, 0.3) is 0 Å². The summed E-state index contributed by atoms with van der Waals surface area (Å²) in [6, 6.07) is 16.6. The number of nitrogens with zero attached hydrogens (tertiary/aromatic N) is 2. The topological polar surface area (TPSA) is 123 Å². The molecule has 4 rings (SSSR count). The van der Waals surface area contributed by atoms with Gasteiger partial charge in [0.1, 0.15) is 18.5 Å². The van der Waals surface area contributed by atoms with E-state index in [1.54, 1.807) is 36.4 Å². The van der Waals surface area contributed by atoms with E-state index in [0.717, 1.165) is 12.3 Å². The average Bonchev–Trinajstić information content (AvgIpc) is 3.08. The summed E-state index contributed by atoms with van der Waals surface area (Å²) in [5.41, 5.74) is 4.58. The Labute approximate surface area is 191 Å². The van der Waals surface area contributed by atoms with Gasteiger partial charge in [0, 0.05) is 6.20 Å². The molecule has 0 saturated carbocycles. The molecule has 1 fully saturated rings. The van der Waals surface area contributed by atoms with Gasteiger partial charge in [-0.15, -0.1) is 0 Å². The normalized spacial score (nSPS) is 21.1. The van der Waals surface area contributed by atoms with Crippen LogP contribution in [0, 0.1) is 0 Å². The number of rotatable bonds is 6. The van der Waals surface area contributed by atoms with Crippen LogP contribution in [0.1, 0.15) is 26.9 Å². The molecule has 1 saturated heterocycles. The first-order valence-corrected chi connectivity index (χ1v) is 10.1. The van der Waals surface area contributed by atoms with E-state index in [2.05, 4.69) is 4.98 Å². The summed E-state index contributed by atoms with van der Waals surface area (Å²) in [5.74, 6) is -5.86. The quantitative estimate of drug-likeness (QED) is 0.544. The minimum Gasteiger partial charge on any atom is -0.459 e. The predicted molar refractivity (Wildman–Crippen MR) is 114 cm³/mol. The van der Waals surface area contributed by atoms with Crippen LogP contribution in [0.5, 0.6) is 0 Å². The maximum atomic E-state index is 15.5. The van der Waals surface area contributed by atoms with Gasteiger partial charge < -0.3 is 19.9 Å². The third kappa shape index (κ3) is 4.64. The number of alkyl halides is 2. The van der Waals surface area contributed by atoms with Crippen LogP contribution in [0.15, 0.2) is 77.7 Å². The highest BCUT2D eigenvalue weighted by Gasteiger charge is 2.62. The Morgan fingerprint density at radius 2 is 1.59 bits per heavy atom. The Morgan fingerprint density at radius 1 is 1.00 bits per heavy atom. The lowest BCUT2D eigenvalue weighted by atomic mass is 10.1. The maximum absolute atomic E-state index is 15.5. The van der Waals surface area contributed by atoms with Gasteiger partial charge in [0.2, 0.25) is 6.23 Å². The summed E-state index contributed by atoms with van der Waals surface area (Å²) >= 11 is 0. The highest BCUT2D eigenvalue weighted by molar-refractivity contribution is 5.90. The number of nitrogen functional groups attached to an aromatic ring is 1. The molecule has 3 aromatic rings. The molecule has 0 amide bonds. The van der Waals surface area contributed by atoms with E-state index < -0.39 is 48.6 Å². The molecule has 0 radical (unpaired) electrons.